The lowest BCUT2D eigenvalue weighted by atomic mass is 10.3. The molecule has 19 heavy (non-hydrogen) atoms. The van der Waals surface area contributed by atoms with Crippen molar-refractivity contribution in [1.82, 2.24) is 5.32 Å². The molecule has 7 nitrogen and oxygen atoms in total. The van der Waals surface area contributed by atoms with Crippen LogP contribution in [0, 0.1) is 0 Å². The van der Waals surface area contributed by atoms with Crippen molar-refractivity contribution < 1.29 is 29.0 Å². The molecule has 0 aromatic rings. The van der Waals surface area contributed by atoms with Crippen LogP contribution in [0.25, 0.3) is 0 Å². The Hall–Kier alpha value is -2.05. The van der Waals surface area contributed by atoms with Crippen molar-refractivity contribution in [3.8, 4) is 0 Å². The number of allylic oxidation sites excluding steroid dienone is 1. The summed E-state index contributed by atoms with van der Waals surface area (Å²) in [6.45, 7) is 6.20. The van der Waals surface area contributed by atoms with Crippen molar-refractivity contribution in [2.45, 2.75) is 39.8 Å². The number of carboxylic acid groups (broad SMARTS) is 1. The highest BCUT2D eigenvalue weighted by molar-refractivity contribution is 5.86. The Balaban J connectivity index is 4.36. The molecule has 0 amide bonds. The zero-order chi connectivity index (χ0) is 15.0. The predicted octanol–water partition coefficient (Wildman–Crippen LogP) is 0.448. The van der Waals surface area contributed by atoms with Gasteiger partial charge in [-0.1, -0.05) is 0 Å². The summed E-state index contributed by atoms with van der Waals surface area (Å²) < 4.78 is 9.48. The van der Waals surface area contributed by atoms with Gasteiger partial charge in [-0.25, -0.2) is 9.59 Å². The number of hydrogen-bond acceptors (Lipinski definition) is 6. The smallest absolute Gasteiger partial charge is 0.347 e. The van der Waals surface area contributed by atoms with E-state index < -0.39 is 30.1 Å². The fourth-order valence-electron chi connectivity index (χ4n) is 1.14. The zero-order valence-corrected chi connectivity index (χ0v) is 11.4. The van der Waals surface area contributed by atoms with Crippen molar-refractivity contribution in [1.29, 1.82) is 0 Å². The molecule has 0 spiro atoms. The van der Waals surface area contributed by atoms with Crippen molar-refractivity contribution in [2.75, 3.05) is 6.61 Å². The lowest BCUT2D eigenvalue weighted by Gasteiger charge is -2.12. The first-order valence-corrected chi connectivity index (χ1v) is 5.82. The molecule has 108 valence electrons. The summed E-state index contributed by atoms with van der Waals surface area (Å²) in [5.41, 5.74) is 0.330. The number of nitrogens with one attached hydrogen (secondary N) is 1. The average Bonchev–Trinajstić information content (AvgIpc) is 2.28. The van der Waals surface area contributed by atoms with Crippen molar-refractivity contribution >= 4 is 17.9 Å². The number of carbonyl (C=O) groups is 3. The maximum atomic E-state index is 11.4. The number of rotatable bonds is 7. The number of hydrogen-bond donors (Lipinski definition) is 2. The first-order chi connectivity index (χ1) is 8.77. The summed E-state index contributed by atoms with van der Waals surface area (Å²) in [5, 5.41) is 11.3. The van der Waals surface area contributed by atoms with E-state index in [0.717, 1.165) is 6.08 Å². The minimum Gasteiger partial charge on any atom is -0.480 e. The Bertz CT molecular complexity index is 376. The molecular formula is C12H19NO6. The molecule has 7 heteroatoms. The summed E-state index contributed by atoms with van der Waals surface area (Å²) in [6, 6.07) is -0.827. The van der Waals surface area contributed by atoms with Crippen LogP contribution in [0.1, 0.15) is 27.7 Å². The maximum absolute atomic E-state index is 11.4. The second-order valence-corrected chi connectivity index (χ2v) is 3.86. The molecule has 0 saturated heterocycles. The molecule has 0 aromatic heterocycles. The number of ether oxygens (including phenoxy) is 2. The molecule has 0 aliphatic carbocycles. The Morgan fingerprint density at radius 3 is 2.37 bits per heavy atom. The van der Waals surface area contributed by atoms with Crippen molar-refractivity contribution in [2.24, 2.45) is 0 Å². The summed E-state index contributed by atoms with van der Waals surface area (Å²) in [7, 11) is 0. The van der Waals surface area contributed by atoms with E-state index in [1.807, 2.05) is 0 Å². The van der Waals surface area contributed by atoms with Crippen LogP contribution in [0.4, 0.5) is 0 Å². The quantitative estimate of drug-likeness (QED) is 0.512. The summed E-state index contributed by atoms with van der Waals surface area (Å²) >= 11 is 0. The highest BCUT2D eigenvalue weighted by atomic mass is 16.6. The largest absolute Gasteiger partial charge is 0.480 e. The second-order valence-electron chi connectivity index (χ2n) is 3.86. The summed E-state index contributed by atoms with van der Waals surface area (Å²) in [6.07, 6.45) is 0.0724. The third kappa shape index (κ3) is 7.07. The molecule has 1 unspecified atom stereocenters. The third-order valence-electron chi connectivity index (χ3n) is 2.06. The molecule has 0 saturated carbocycles. The van der Waals surface area contributed by atoms with E-state index in [-0.39, 0.29) is 6.61 Å². The Morgan fingerprint density at radius 1 is 1.32 bits per heavy atom. The van der Waals surface area contributed by atoms with Crippen LogP contribution in [0.3, 0.4) is 0 Å². The number of carboxylic acids is 1. The van der Waals surface area contributed by atoms with Crippen LogP contribution in [0.2, 0.25) is 0 Å². The van der Waals surface area contributed by atoms with E-state index in [2.05, 4.69) is 10.1 Å². The Labute approximate surface area is 111 Å². The fraction of sp³-hybridized carbons (Fsp3) is 0.583. The van der Waals surface area contributed by atoms with Gasteiger partial charge < -0.3 is 19.9 Å². The molecular weight excluding hydrogens is 254 g/mol. The normalized spacial score (nSPS) is 14.2. The highest BCUT2D eigenvalue weighted by Gasteiger charge is 2.18. The number of carbonyl (C=O) groups excluding carboxylic acids is 2. The van der Waals surface area contributed by atoms with Gasteiger partial charge in [0.2, 0.25) is 0 Å². The van der Waals surface area contributed by atoms with Gasteiger partial charge in [0.1, 0.15) is 6.04 Å². The van der Waals surface area contributed by atoms with E-state index in [1.54, 1.807) is 6.92 Å². The monoisotopic (exact) mass is 273 g/mol. The Kier molecular flexibility index (Phi) is 7.25. The molecule has 0 rings (SSSR count). The SMILES string of the molecule is CCOC(=O)C(C)OC(=O)/C=C(\C)N[C@@H](C)C(=O)O. The van der Waals surface area contributed by atoms with Crippen LogP contribution in [-0.4, -0.2) is 41.8 Å². The minimum atomic E-state index is -1.04. The molecule has 2 N–H and O–H groups in total. The van der Waals surface area contributed by atoms with Gasteiger partial charge in [-0.3, -0.25) is 4.79 Å². The topological polar surface area (TPSA) is 102 Å². The van der Waals surface area contributed by atoms with Gasteiger partial charge in [0.15, 0.2) is 6.10 Å². The highest BCUT2D eigenvalue weighted by Crippen LogP contribution is 1.99. The minimum absolute atomic E-state index is 0.202. The van der Waals surface area contributed by atoms with Crippen LogP contribution in [0.5, 0.6) is 0 Å². The predicted molar refractivity (Wildman–Crippen MR) is 66.2 cm³/mol. The van der Waals surface area contributed by atoms with Gasteiger partial charge in [0, 0.05) is 11.8 Å². The standard InChI is InChI=1S/C12H19NO6/c1-5-18-12(17)9(4)19-10(14)6-7(2)13-8(3)11(15)16/h6,8-9,13H,5H2,1-4H3,(H,15,16)/b7-6+/t8-,9?/m0/s1. The fourth-order valence-corrected chi connectivity index (χ4v) is 1.14. The molecule has 0 bridgehead atoms. The van der Waals surface area contributed by atoms with Crippen LogP contribution in [0.15, 0.2) is 11.8 Å². The van der Waals surface area contributed by atoms with E-state index in [9.17, 15) is 14.4 Å². The van der Waals surface area contributed by atoms with Gasteiger partial charge in [-0.05, 0) is 27.7 Å². The van der Waals surface area contributed by atoms with Crippen LogP contribution >= 0.6 is 0 Å². The summed E-state index contributed by atoms with van der Waals surface area (Å²) in [4.78, 5) is 33.2. The van der Waals surface area contributed by atoms with E-state index in [1.165, 1.54) is 20.8 Å². The molecule has 0 fully saturated rings. The van der Waals surface area contributed by atoms with Gasteiger partial charge in [0.05, 0.1) is 6.61 Å². The maximum Gasteiger partial charge on any atom is 0.347 e. The van der Waals surface area contributed by atoms with Crippen molar-refractivity contribution in [3.05, 3.63) is 11.8 Å². The number of esters is 2. The molecule has 0 heterocycles. The number of aliphatic carboxylic acids is 1. The van der Waals surface area contributed by atoms with E-state index in [0.29, 0.717) is 5.70 Å². The Morgan fingerprint density at radius 2 is 1.89 bits per heavy atom. The van der Waals surface area contributed by atoms with Crippen LogP contribution < -0.4 is 5.32 Å². The van der Waals surface area contributed by atoms with Crippen LogP contribution in [-0.2, 0) is 23.9 Å². The molecule has 0 aliphatic rings. The summed E-state index contributed by atoms with van der Waals surface area (Å²) in [5.74, 6) is -2.42. The van der Waals surface area contributed by atoms with Crippen molar-refractivity contribution in [3.63, 3.8) is 0 Å². The van der Waals surface area contributed by atoms with Gasteiger partial charge in [-0.2, -0.15) is 0 Å². The third-order valence-corrected chi connectivity index (χ3v) is 2.06. The molecule has 2 atom stereocenters. The van der Waals surface area contributed by atoms with Gasteiger partial charge >= 0.3 is 17.9 Å². The lowest BCUT2D eigenvalue weighted by Crippen LogP contribution is -2.33. The molecule has 0 aliphatic heterocycles. The lowest BCUT2D eigenvalue weighted by molar-refractivity contribution is -0.163. The van der Waals surface area contributed by atoms with E-state index in [4.69, 9.17) is 9.84 Å². The zero-order valence-electron chi connectivity index (χ0n) is 11.4. The van der Waals surface area contributed by atoms with Gasteiger partial charge in [0.25, 0.3) is 0 Å². The molecule has 0 radical (unpaired) electrons. The second kappa shape index (κ2) is 8.12. The molecule has 0 aromatic carbocycles. The van der Waals surface area contributed by atoms with E-state index >= 15 is 0 Å². The van der Waals surface area contributed by atoms with Gasteiger partial charge in [-0.15, -0.1) is 0 Å². The first-order valence-electron chi connectivity index (χ1n) is 5.82. The average molecular weight is 273 g/mol. The first kappa shape index (κ1) is 16.9.